The van der Waals surface area contributed by atoms with Crippen LogP contribution in [0.4, 0.5) is 0 Å². The smallest absolute Gasteiger partial charge is 0.0911 e. The van der Waals surface area contributed by atoms with Crippen molar-refractivity contribution in [3.63, 3.8) is 0 Å². The monoisotopic (exact) mass is 668 g/mol. The fraction of sp³-hybridized carbons (Fsp3) is 0. The third kappa shape index (κ3) is 4.25. The van der Waals surface area contributed by atoms with E-state index < -0.39 is 0 Å². The number of fused-ring (bicyclic) bond motifs is 9. The Labute approximate surface area is 297 Å². The molecule has 0 atom stereocenters. The van der Waals surface area contributed by atoms with E-state index in [-0.39, 0.29) is 0 Å². The van der Waals surface area contributed by atoms with Crippen LogP contribution in [0.5, 0.6) is 0 Å². The van der Waals surface area contributed by atoms with Crippen LogP contribution in [-0.4, -0.2) is 19.1 Å². The molecular weight excluding hydrogens is 641 g/mol. The molecule has 0 bridgehead atoms. The first kappa shape index (κ1) is 28.3. The molecule has 51 heavy (non-hydrogen) atoms. The maximum absolute atomic E-state index is 5.29. The van der Waals surface area contributed by atoms with Gasteiger partial charge in [0.25, 0.3) is 0 Å². The fourth-order valence-electron chi connectivity index (χ4n) is 7.90. The molecule has 11 aromatic rings. The topological polar surface area (TPSA) is 35.6 Å². The van der Waals surface area contributed by atoms with Gasteiger partial charge in [-0.1, -0.05) is 103 Å². The minimum absolute atomic E-state index is 0.954. The van der Waals surface area contributed by atoms with E-state index in [0.717, 1.165) is 49.5 Å². The lowest BCUT2D eigenvalue weighted by molar-refractivity contribution is 1.18. The van der Waals surface area contributed by atoms with Gasteiger partial charge >= 0.3 is 0 Å². The first-order valence-electron chi connectivity index (χ1n) is 17.2. The summed E-state index contributed by atoms with van der Waals surface area (Å²) >= 11 is 1.78. The maximum Gasteiger partial charge on any atom is 0.0911 e. The summed E-state index contributed by atoms with van der Waals surface area (Å²) in [6.07, 6.45) is 2.02. The maximum atomic E-state index is 5.29. The van der Waals surface area contributed by atoms with Crippen molar-refractivity contribution in [3.8, 4) is 33.9 Å². The van der Waals surface area contributed by atoms with Crippen molar-refractivity contribution in [3.05, 3.63) is 170 Å². The predicted molar refractivity (Wildman–Crippen MR) is 214 cm³/mol. The van der Waals surface area contributed by atoms with Crippen LogP contribution in [0.1, 0.15) is 0 Å². The van der Waals surface area contributed by atoms with Gasteiger partial charge in [0.05, 0.1) is 43.7 Å². The van der Waals surface area contributed by atoms with Gasteiger partial charge in [-0.15, -0.1) is 11.3 Å². The Bertz CT molecular complexity index is 3130. The lowest BCUT2D eigenvalue weighted by Gasteiger charge is -2.11. The van der Waals surface area contributed by atoms with Gasteiger partial charge in [-0.25, -0.2) is 4.98 Å². The van der Waals surface area contributed by atoms with E-state index in [2.05, 4.69) is 173 Å². The van der Waals surface area contributed by atoms with E-state index in [1.165, 1.54) is 48.3 Å². The number of benzene rings is 6. The standard InChI is InChI=1S/C46H28N4S/c1-3-12-30(13-4-1)49-40-20-9-7-16-32(40)34-23-22-29(26-42(34)49)38-24-25-43-45(48-38)37-28-47-39(27-44(37)51-43)36-19-11-18-35-33-17-8-10-21-41(33)50(46(35)36)31-14-5-2-6-15-31/h1-28H. The molecule has 0 unspecified atom stereocenters. The summed E-state index contributed by atoms with van der Waals surface area (Å²) < 4.78 is 7.07. The van der Waals surface area contributed by atoms with E-state index in [1.54, 1.807) is 11.3 Å². The zero-order chi connectivity index (χ0) is 33.5. The summed E-state index contributed by atoms with van der Waals surface area (Å²) in [7, 11) is 0. The number of rotatable bonds is 4. The molecule has 4 nitrogen and oxygen atoms in total. The van der Waals surface area contributed by atoms with Crippen LogP contribution in [0.2, 0.25) is 0 Å². The van der Waals surface area contributed by atoms with E-state index in [4.69, 9.17) is 9.97 Å². The Kier molecular flexibility index (Phi) is 6.09. The highest BCUT2D eigenvalue weighted by Gasteiger charge is 2.19. The van der Waals surface area contributed by atoms with E-state index in [9.17, 15) is 0 Å². The van der Waals surface area contributed by atoms with Crippen LogP contribution >= 0.6 is 11.3 Å². The number of para-hydroxylation sites is 5. The molecule has 0 saturated heterocycles. The Hall–Kier alpha value is -6.56. The summed E-state index contributed by atoms with van der Waals surface area (Å²) in [4.78, 5) is 10.4. The molecule has 5 heteroatoms. The SMILES string of the molecule is c1ccc(-n2c3ccccc3c3ccc(-c4ccc5sc6cc(-c7cccc8c9ccccc9n(-c9ccccc9)c78)ncc6c5n4)cc32)cc1. The highest BCUT2D eigenvalue weighted by molar-refractivity contribution is 7.25. The van der Waals surface area contributed by atoms with Crippen molar-refractivity contribution in [1.82, 2.24) is 19.1 Å². The molecule has 5 heterocycles. The molecule has 0 aliphatic carbocycles. The highest BCUT2D eigenvalue weighted by atomic mass is 32.1. The van der Waals surface area contributed by atoms with E-state index in [1.807, 2.05) is 6.20 Å². The predicted octanol–water partition coefficient (Wildman–Crippen LogP) is 12.4. The highest BCUT2D eigenvalue weighted by Crippen LogP contribution is 2.41. The Morgan fingerprint density at radius 1 is 0.431 bits per heavy atom. The molecular formula is C46H28N4S. The van der Waals surface area contributed by atoms with Gasteiger partial charge < -0.3 is 9.13 Å². The van der Waals surface area contributed by atoms with Crippen LogP contribution in [0.3, 0.4) is 0 Å². The van der Waals surface area contributed by atoms with Crippen molar-refractivity contribution in [1.29, 1.82) is 0 Å². The van der Waals surface area contributed by atoms with Crippen LogP contribution < -0.4 is 0 Å². The van der Waals surface area contributed by atoms with Gasteiger partial charge in [-0.2, -0.15) is 0 Å². The van der Waals surface area contributed by atoms with Gasteiger partial charge in [-0.3, -0.25) is 4.98 Å². The molecule has 0 spiro atoms. The van der Waals surface area contributed by atoms with Gasteiger partial charge in [0.15, 0.2) is 0 Å². The van der Waals surface area contributed by atoms with Crippen LogP contribution in [0.25, 0.3) is 97.8 Å². The van der Waals surface area contributed by atoms with Gasteiger partial charge in [0.2, 0.25) is 0 Å². The molecule has 0 radical (unpaired) electrons. The van der Waals surface area contributed by atoms with Crippen molar-refractivity contribution in [2.24, 2.45) is 0 Å². The zero-order valence-electron chi connectivity index (χ0n) is 27.4. The molecule has 238 valence electrons. The molecule has 0 saturated carbocycles. The van der Waals surface area contributed by atoms with E-state index in [0.29, 0.717) is 0 Å². The second-order valence-electron chi connectivity index (χ2n) is 13.0. The van der Waals surface area contributed by atoms with Crippen molar-refractivity contribution in [2.45, 2.75) is 0 Å². The average molecular weight is 669 g/mol. The van der Waals surface area contributed by atoms with Gasteiger partial charge in [-0.05, 0) is 60.7 Å². The van der Waals surface area contributed by atoms with E-state index >= 15 is 0 Å². The summed E-state index contributed by atoms with van der Waals surface area (Å²) in [5, 5.41) is 6.02. The minimum Gasteiger partial charge on any atom is -0.309 e. The second-order valence-corrected chi connectivity index (χ2v) is 14.1. The Morgan fingerprint density at radius 3 is 1.86 bits per heavy atom. The summed E-state index contributed by atoms with van der Waals surface area (Å²) in [6.45, 7) is 0. The summed E-state index contributed by atoms with van der Waals surface area (Å²) in [5.41, 5.74) is 12.1. The fourth-order valence-corrected chi connectivity index (χ4v) is 8.96. The normalized spacial score (nSPS) is 11.9. The molecule has 6 aromatic carbocycles. The number of aromatic nitrogens is 4. The molecule has 0 aliphatic heterocycles. The molecule has 0 fully saturated rings. The van der Waals surface area contributed by atoms with Crippen LogP contribution in [0, 0.1) is 0 Å². The second kappa shape index (κ2) is 11.0. The number of hydrogen-bond donors (Lipinski definition) is 0. The third-order valence-corrected chi connectivity index (χ3v) is 11.3. The number of nitrogens with zero attached hydrogens (tertiary/aromatic N) is 4. The van der Waals surface area contributed by atoms with Crippen molar-refractivity contribution < 1.29 is 0 Å². The first-order valence-corrected chi connectivity index (χ1v) is 18.0. The summed E-state index contributed by atoms with van der Waals surface area (Å²) in [6, 6.07) is 58.4. The third-order valence-electron chi connectivity index (χ3n) is 10.2. The lowest BCUT2D eigenvalue weighted by atomic mass is 10.1. The molecule has 0 aliphatic rings. The number of hydrogen-bond acceptors (Lipinski definition) is 3. The quantitative estimate of drug-likeness (QED) is 0.187. The Morgan fingerprint density at radius 2 is 1.08 bits per heavy atom. The molecule has 11 rings (SSSR count). The van der Waals surface area contributed by atoms with Crippen molar-refractivity contribution >= 4 is 75.3 Å². The van der Waals surface area contributed by atoms with Crippen molar-refractivity contribution in [2.75, 3.05) is 0 Å². The summed E-state index contributed by atoms with van der Waals surface area (Å²) in [5.74, 6) is 0. The van der Waals surface area contributed by atoms with Crippen LogP contribution in [-0.2, 0) is 0 Å². The molecule has 0 amide bonds. The largest absolute Gasteiger partial charge is 0.309 e. The minimum atomic E-state index is 0.954. The number of thiophene rings is 1. The molecule has 0 N–H and O–H groups in total. The lowest BCUT2D eigenvalue weighted by Crippen LogP contribution is -1.95. The average Bonchev–Trinajstić information content (AvgIpc) is 3.85. The number of pyridine rings is 2. The van der Waals surface area contributed by atoms with Gasteiger partial charge in [0.1, 0.15) is 0 Å². The Balaban J connectivity index is 1.07. The van der Waals surface area contributed by atoms with Crippen LogP contribution in [0.15, 0.2) is 170 Å². The zero-order valence-corrected chi connectivity index (χ0v) is 28.2. The first-order chi connectivity index (χ1) is 25.3. The molecule has 5 aromatic heterocycles. The van der Waals surface area contributed by atoms with Gasteiger partial charge in [0, 0.05) is 60.3 Å².